The van der Waals surface area contributed by atoms with E-state index < -0.39 is 16.0 Å². The number of carbonyl (C=O) groups is 1. The monoisotopic (exact) mass is 403 g/mol. The van der Waals surface area contributed by atoms with Crippen molar-refractivity contribution in [3.8, 4) is 0 Å². The van der Waals surface area contributed by atoms with E-state index in [2.05, 4.69) is 16.9 Å². The Morgan fingerprint density at radius 3 is 2.64 bits per heavy atom. The first-order chi connectivity index (χ1) is 13.3. The van der Waals surface area contributed by atoms with Gasteiger partial charge < -0.3 is 5.11 Å². The van der Waals surface area contributed by atoms with Gasteiger partial charge in [-0.15, -0.1) is 0 Å². The van der Waals surface area contributed by atoms with E-state index in [1.54, 1.807) is 6.08 Å². The standard InChI is InChI=1S/C22H29NO4S/c1-16-7-9-17(10-8-16)11-12-28(26,27)23-21-15-18-13-19(20(21)14-18)5-3-2-4-6-22(24)25/h3,5,7-12,18-21,23H,2,4,6,13-15H2,1H3,(H,24,25). The van der Waals surface area contributed by atoms with E-state index in [1.165, 1.54) is 5.41 Å². The molecule has 3 rings (SSSR count). The number of fused-ring (bicyclic) bond motifs is 2. The molecule has 2 saturated carbocycles. The van der Waals surface area contributed by atoms with Gasteiger partial charge in [0.2, 0.25) is 10.0 Å². The molecule has 2 aliphatic rings. The number of rotatable bonds is 9. The second-order valence-corrected chi connectivity index (χ2v) is 9.70. The van der Waals surface area contributed by atoms with E-state index in [-0.39, 0.29) is 12.5 Å². The third-order valence-electron chi connectivity index (χ3n) is 5.84. The molecule has 4 unspecified atom stereocenters. The van der Waals surface area contributed by atoms with Crippen LogP contribution in [0.3, 0.4) is 0 Å². The predicted octanol–water partition coefficient (Wildman–Crippen LogP) is 4.11. The average Bonchev–Trinajstić information content (AvgIpc) is 3.20. The quantitative estimate of drug-likeness (QED) is 0.480. The number of hydrogen-bond acceptors (Lipinski definition) is 3. The molecule has 0 amide bonds. The third-order valence-corrected chi connectivity index (χ3v) is 6.97. The Hall–Kier alpha value is -1.92. The van der Waals surface area contributed by atoms with Gasteiger partial charge in [-0.05, 0) is 68.4 Å². The van der Waals surface area contributed by atoms with Crippen LogP contribution >= 0.6 is 0 Å². The average molecular weight is 404 g/mol. The first kappa shape index (κ1) is 20.8. The van der Waals surface area contributed by atoms with Crippen LogP contribution in [0.4, 0.5) is 0 Å². The molecule has 1 aromatic carbocycles. The van der Waals surface area contributed by atoms with Gasteiger partial charge in [0.25, 0.3) is 0 Å². The Morgan fingerprint density at radius 2 is 1.96 bits per heavy atom. The molecule has 0 aromatic heterocycles. The minimum Gasteiger partial charge on any atom is -0.481 e. The SMILES string of the molecule is Cc1ccc(C=CS(=O)(=O)NC2CC3CC(C=CCCCC(=O)O)C2C3)cc1. The zero-order valence-corrected chi connectivity index (χ0v) is 17.1. The predicted molar refractivity (Wildman–Crippen MR) is 111 cm³/mol. The van der Waals surface area contributed by atoms with Crippen molar-refractivity contribution in [1.82, 2.24) is 4.72 Å². The molecule has 28 heavy (non-hydrogen) atoms. The molecule has 0 spiro atoms. The van der Waals surface area contributed by atoms with Gasteiger partial charge in [-0.1, -0.05) is 42.0 Å². The summed E-state index contributed by atoms with van der Waals surface area (Å²) in [6, 6.07) is 7.72. The summed E-state index contributed by atoms with van der Waals surface area (Å²) in [5.74, 6) is 0.537. The summed E-state index contributed by atoms with van der Waals surface area (Å²) in [6.07, 6.45) is 10.6. The highest BCUT2D eigenvalue weighted by atomic mass is 32.2. The third kappa shape index (κ3) is 5.79. The molecule has 0 heterocycles. The highest BCUT2D eigenvalue weighted by molar-refractivity contribution is 7.92. The topological polar surface area (TPSA) is 83.5 Å². The van der Waals surface area contributed by atoms with Crippen LogP contribution in [0.2, 0.25) is 0 Å². The van der Waals surface area contributed by atoms with Crippen molar-refractivity contribution in [2.75, 3.05) is 0 Å². The maximum Gasteiger partial charge on any atom is 0.303 e. The van der Waals surface area contributed by atoms with Crippen LogP contribution in [-0.4, -0.2) is 25.5 Å². The molecule has 6 heteroatoms. The van der Waals surface area contributed by atoms with Crippen LogP contribution in [-0.2, 0) is 14.8 Å². The largest absolute Gasteiger partial charge is 0.481 e. The van der Waals surface area contributed by atoms with Crippen molar-refractivity contribution in [3.05, 3.63) is 53.0 Å². The normalized spacial score (nSPS) is 27.2. The Balaban J connectivity index is 1.54. The molecule has 0 saturated heterocycles. The first-order valence-electron chi connectivity index (χ1n) is 9.98. The van der Waals surface area contributed by atoms with Crippen LogP contribution in [0.1, 0.15) is 49.7 Å². The smallest absolute Gasteiger partial charge is 0.303 e. The molecule has 2 aliphatic carbocycles. The minimum atomic E-state index is -3.48. The maximum absolute atomic E-state index is 12.5. The number of carboxylic acid groups (broad SMARTS) is 1. The van der Waals surface area contributed by atoms with Crippen LogP contribution in [0, 0.1) is 24.7 Å². The number of nitrogens with one attached hydrogen (secondary N) is 1. The van der Waals surface area contributed by atoms with Crippen LogP contribution in [0.15, 0.2) is 41.8 Å². The summed E-state index contributed by atoms with van der Waals surface area (Å²) >= 11 is 0. The van der Waals surface area contributed by atoms with Gasteiger partial charge in [0.05, 0.1) is 0 Å². The van der Waals surface area contributed by atoms with E-state index >= 15 is 0 Å². The van der Waals surface area contributed by atoms with Crippen molar-refractivity contribution in [1.29, 1.82) is 0 Å². The summed E-state index contributed by atoms with van der Waals surface area (Å²) in [6.45, 7) is 2.00. The number of hydrogen-bond donors (Lipinski definition) is 2. The Kier molecular flexibility index (Phi) is 6.73. The second kappa shape index (κ2) is 9.05. The summed E-state index contributed by atoms with van der Waals surface area (Å²) in [7, 11) is -3.48. The van der Waals surface area contributed by atoms with Gasteiger partial charge in [0, 0.05) is 17.9 Å². The lowest BCUT2D eigenvalue weighted by atomic mass is 9.85. The van der Waals surface area contributed by atoms with E-state index in [4.69, 9.17) is 5.11 Å². The van der Waals surface area contributed by atoms with Gasteiger partial charge in [0.15, 0.2) is 0 Å². The van der Waals surface area contributed by atoms with Crippen molar-refractivity contribution in [2.24, 2.45) is 17.8 Å². The lowest BCUT2D eigenvalue weighted by Gasteiger charge is -2.27. The maximum atomic E-state index is 12.5. The number of unbranched alkanes of at least 4 members (excludes halogenated alkanes) is 1. The fourth-order valence-electron chi connectivity index (χ4n) is 4.50. The van der Waals surface area contributed by atoms with Gasteiger partial charge in [0.1, 0.15) is 0 Å². The van der Waals surface area contributed by atoms with E-state index in [0.29, 0.717) is 24.2 Å². The van der Waals surface area contributed by atoms with Crippen LogP contribution in [0.25, 0.3) is 6.08 Å². The summed E-state index contributed by atoms with van der Waals surface area (Å²) in [5.41, 5.74) is 2.01. The van der Waals surface area contributed by atoms with Gasteiger partial charge in [-0.25, -0.2) is 13.1 Å². The molecule has 4 atom stereocenters. The van der Waals surface area contributed by atoms with Crippen molar-refractivity contribution in [2.45, 2.75) is 51.5 Å². The molecule has 5 nitrogen and oxygen atoms in total. The fourth-order valence-corrected chi connectivity index (χ4v) is 5.61. The second-order valence-electron chi connectivity index (χ2n) is 8.10. The lowest BCUT2D eigenvalue weighted by molar-refractivity contribution is -0.137. The molecule has 0 radical (unpaired) electrons. The molecule has 2 N–H and O–H groups in total. The number of allylic oxidation sites excluding steroid dienone is 2. The molecule has 0 aliphatic heterocycles. The van der Waals surface area contributed by atoms with Gasteiger partial charge >= 0.3 is 5.97 Å². The van der Waals surface area contributed by atoms with E-state index in [1.807, 2.05) is 31.2 Å². The van der Waals surface area contributed by atoms with Crippen molar-refractivity contribution < 1.29 is 18.3 Å². The van der Waals surface area contributed by atoms with E-state index in [0.717, 1.165) is 36.8 Å². The van der Waals surface area contributed by atoms with Gasteiger partial charge in [-0.2, -0.15) is 0 Å². The lowest BCUT2D eigenvalue weighted by Crippen LogP contribution is -2.40. The van der Waals surface area contributed by atoms with Crippen LogP contribution < -0.4 is 4.72 Å². The van der Waals surface area contributed by atoms with E-state index in [9.17, 15) is 13.2 Å². The minimum absolute atomic E-state index is 0.0138. The molecule has 1 aromatic rings. The fraction of sp³-hybridized carbons (Fsp3) is 0.500. The number of benzene rings is 1. The molecular formula is C22H29NO4S. The Labute approximate surface area is 167 Å². The zero-order valence-electron chi connectivity index (χ0n) is 16.3. The molecule has 2 bridgehead atoms. The Morgan fingerprint density at radius 1 is 1.21 bits per heavy atom. The molecule has 2 fully saturated rings. The molecule has 152 valence electrons. The van der Waals surface area contributed by atoms with Gasteiger partial charge in [-0.3, -0.25) is 4.79 Å². The number of sulfonamides is 1. The first-order valence-corrected chi connectivity index (χ1v) is 11.5. The number of carboxylic acids is 1. The van der Waals surface area contributed by atoms with Crippen molar-refractivity contribution in [3.63, 3.8) is 0 Å². The highest BCUT2D eigenvalue weighted by Gasteiger charge is 2.46. The summed E-state index contributed by atoms with van der Waals surface area (Å²) in [5, 5.41) is 9.95. The Bertz CT molecular complexity index is 842. The van der Waals surface area contributed by atoms with Crippen LogP contribution in [0.5, 0.6) is 0 Å². The summed E-state index contributed by atoms with van der Waals surface area (Å²) < 4.78 is 27.9. The number of aryl methyl sites for hydroxylation is 1. The highest BCUT2D eigenvalue weighted by Crippen LogP contribution is 2.49. The number of aliphatic carboxylic acids is 1. The summed E-state index contributed by atoms with van der Waals surface area (Å²) in [4.78, 5) is 10.6. The zero-order chi connectivity index (χ0) is 20.1. The van der Waals surface area contributed by atoms with Crippen molar-refractivity contribution >= 4 is 22.1 Å². The molecular weight excluding hydrogens is 374 g/mol.